The van der Waals surface area contributed by atoms with E-state index in [2.05, 4.69) is 0 Å². The number of amides is 1. The lowest BCUT2D eigenvalue weighted by atomic mass is 10.1. The van der Waals surface area contributed by atoms with Crippen LogP contribution in [-0.4, -0.2) is 35.1 Å². The fraction of sp³-hybridized carbons (Fsp3) is 0.417. The molecule has 0 aliphatic carbocycles. The van der Waals surface area contributed by atoms with Gasteiger partial charge in [0.1, 0.15) is 5.82 Å². The van der Waals surface area contributed by atoms with Crippen LogP contribution >= 0.6 is 0 Å². The fourth-order valence-corrected chi connectivity index (χ4v) is 1.59. The molecule has 0 saturated carbocycles. The Bertz CT molecular complexity index is 427. The lowest BCUT2D eigenvalue weighted by Crippen LogP contribution is -2.39. The van der Waals surface area contributed by atoms with Crippen molar-refractivity contribution in [2.24, 2.45) is 0 Å². The number of carbonyl (C=O) groups is 1. The average Bonchev–Trinajstić information content (AvgIpc) is 2.14. The predicted octanol–water partition coefficient (Wildman–Crippen LogP) is 1.25. The summed E-state index contributed by atoms with van der Waals surface area (Å²) in [5.41, 5.74) is 4.92. The number of nitrogen functional groups attached to an aromatic ring is 1. The van der Waals surface area contributed by atoms with Gasteiger partial charge in [-0.25, -0.2) is 4.39 Å². The molecule has 0 aliphatic rings. The number of hydrogen-bond acceptors (Lipinski definition) is 3. The molecular weight excluding hydrogens is 223 g/mol. The summed E-state index contributed by atoms with van der Waals surface area (Å²) in [5, 5.41) is 9.61. The van der Waals surface area contributed by atoms with Crippen molar-refractivity contribution in [1.82, 2.24) is 4.90 Å². The molecule has 1 rings (SSSR count). The van der Waals surface area contributed by atoms with E-state index in [0.717, 1.165) is 6.07 Å². The first-order valence-electron chi connectivity index (χ1n) is 5.23. The van der Waals surface area contributed by atoms with E-state index in [9.17, 15) is 14.3 Å². The van der Waals surface area contributed by atoms with Crippen molar-refractivity contribution >= 4 is 11.6 Å². The van der Waals surface area contributed by atoms with E-state index >= 15 is 0 Å². The third-order valence-electron chi connectivity index (χ3n) is 2.21. The van der Waals surface area contributed by atoms with Crippen molar-refractivity contribution in [1.29, 1.82) is 0 Å². The molecule has 94 valence electrons. The molecule has 0 unspecified atom stereocenters. The molecule has 0 spiro atoms. The highest BCUT2D eigenvalue weighted by atomic mass is 19.1. The molecule has 0 atom stereocenters. The maximum Gasteiger partial charge on any atom is 0.255 e. The van der Waals surface area contributed by atoms with Gasteiger partial charge in [-0.15, -0.1) is 0 Å². The van der Waals surface area contributed by atoms with E-state index in [0.29, 0.717) is 0 Å². The Kier molecular flexibility index (Phi) is 3.72. The van der Waals surface area contributed by atoms with Gasteiger partial charge in [0.2, 0.25) is 0 Å². The number of carbonyl (C=O) groups excluding carboxylic acids is 1. The summed E-state index contributed by atoms with van der Waals surface area (Å²) in [6, 6.07) is 3.63. The molecule has 0 bridgehead atoms. The zero-order valence-corrected chi connectivity index (χ0v) is 10.2. The van der Waals surface area contributed by atoms with Gasteiger partial charge in [-0.1, -0.05) is 0 Å². The normalized spacial score (nSPS) is 11.4. The zero-order chi connectivity index (χ0) is 13.2. The van der Waals surface area contributed by atoms with Crippen LogP contribution in [0.15, 0.2) is 18.2 Å². The van der Waals surface area contributed by atoms with Crippen molar-refractivity contribution in [3.05, 3.63) is 29.6 Å². The number of halogens is 1. The first kappa shape index (κ1) is 13.4. The maximum atomic E-state index is 12.8. The topological polar surface area (TPSA) is 66.6 Å². The highest BCUT2D eigenvalue weighted by Gasteiger charge is 2.21. The Morgan fingerprint density at radius 3 is 2.59 bits per heavy atom. The molecule has 4 nitrogen and oxygen atoms in total. The van der Waals surface area contributed by atoms with Gasteiger partial charge in [0.15, 0.2) is 0 Å². The number of nitrogens with zero attached hydrogens (tertiary/aromatic N) is 1. The van der Waals surface area contributed by atoms with E-state index in [1.165, 1.54) is 17.0 Å². The number of likely N-dealkylation sites (N-methyl/N-ethyl adjacent to an activating group) is 1. The number of anilines is 1. The van der Waals surface area contributed by atoms with E-state index in [1.807, 2.05) is 0 Å². The van der Waals surface area contributed by atoms with Crippen LogP contribution in [0.3, 0.4) is 0 Å². The van der Waals surface area contributed by atoms with Crippen LogP contribution in [0.25, 0.3) is 0 Å². The van der Waals surface area contributed by atoms with Gasteiger partial charge in [0.05, 0.1) is 11.2 Å². The molecular formula is C12H17FN2O2. The molecule has 1 aromatic rings. The third-order valence-corrected chi connectivity index (χ3v) is 2.21. The first-order chi connectivity index (χ1) is 7.70. The second kappa shape index (κ2) is 4.71. The molecule has 5 heteroatoms. The van der Waals surface area contributed by atoms with Crippen molar-refractivity contribution in [3.63, 3.8) is 0 Å². The van der Waals surface area contributed by atoms with Crippen LogP contribution in [-0.2, 0) is 0 Å². The van der Waals surface area contributed by atoms with Crippen molar-refractivity contribution in [2.75, 3.05) is 19.3 Å². The minimum atomic E-state index is -0.987. The van der Waals surface area contributed by atoms with Gasteiger partial charge < -0.3 is 15.7 Å². The number of aliphatic hydroxyl groups is 1. The summed E-state index contributed by atoms with van der Waals surface area (Å²) >= 11 is 0. The lowest BCUT2D eigenvalue weighted by Gasteiger charge is -2.26. The van der Waals surface area contributed by atoms with Crippen LogP contribution < -0.4 is 5.73 Å². The smallest absolute Gasteiger partial charge is 0.255 e. The highest BCUT2D eigenvalue weighted by Crippen LogP contribution is 2.16. The minimum absolute atomic E-state index is 0.0950. The van der Waals surface area contributed by atoms with Gasteiger partial charge in [0, 0.05) is 19.3 Å². The molecule has 0 saturated heterocycles. The molecule has 0 aliphatic heterocycles. The molecule has 0 radical (unpaired) electrons. The van der Waals surface area contributed by atoms with Gasteiger partial charge in [-0.05, 0) is 32.0 Å². The minimum Gasteiger partial charge on any atom is -0.398 e. The molecule has 0 heterocycles. The van der Waals surface area contributed by atoms with Crippen molar-refractivity contribution in [3.8, 4) is 0 Å². The Labute approximate surface area is 99.8 Å². The maximum absolute atomic E-state index is 12.8. The van der Waals surface area contributed by atoms with Gasteiger partial charge in [0.25, 0.3) is 5.91 Å². The summed E-state index contributed by atoms with van der Waals surface area (Å²) in [6.07, 6.45) is 0. The Morgan fingerprint density at radius 1 is 1.53 bits per heavy atom. The second-order valence-corrected chi connectivity index (χ2v) is 4.71. The molecule has 1 aromatic carbocycles. The standard InChI is InChI=1S/C12H17FN2O2/c1-12(2,17)7-15(3)11(16)9-5-4-8(13)6-10(9)14/h4-6,17H,7,14H2,1-3H3. The summed E-state index contributed by atoms with van der Waals surface area (Å²) in [6.45, 7) is 3.37. The molecule has 1 amide bonds. The van der Waals surface area contributed by atoms with Crippen LogP contribution in [0.1, 0.15) is 24.2 Å². The first-order valence-corrected chi connectivity index (χ1v) is 5.23. The van der Waals surface area contributed by atoms with Crippen LogP contribution in [0.4, 0.5) is 10.1 Å². The molecule has 0 fully saturated rings. The Morgan fingerprint density at radius 2 is 2.12 bits per heavy atom. The molecule has 17 heavy (non-hydrogen) atoms. The summed E-state index contributed by atoms with van der Waals surface area (Å²) < 4.78 is 12.8. The van der Waals surface area contributed by atoms with Gasteiger partial charge in [-0.2, -0.15) is 0 Å². The summed E-state index contributed by atoms with van der Waals surface area (Å²) in [4.78, 5) is 13.3. The summed E-state index contributed by atoms with van der Waals surface area (Å²) in [5.74, 6) is -0.825. The predicted molar refractivity (Wildman–Crippen MR) is 64.1 cm³/mol. The molecule has 0 aromatic heterocycles. The van der Waals surface area contributed by atoms with E-state index in [4.69, 9.17) is 5.73 Å². The average molecular weight is 240 g/mol. The Balaban J connectivity index is 2.89. The number of hydrogen-bond donors (Lipinski definition) is 2. The van der Waals surface area contributed by atoms with Crippen LogP contribution in [0.2, 0.25) is 0 Å². The monoisotopic (exact) mass is 240 g/mol. The SMILES string of the molecule is CN(CC(C)(C)O)C(=O)c1ccc(F)cc1N. The highest BCUT2D eigenvalue weighted by molar-refractivity contribution is 5.99. The molecule has 3 N–H and O–H groups in total. The summed E-state index contributed by atoms with van der Waals surface area (Å²) in [7, 11) is 1.56. The largest absolute Gasteiger partial charge is 0.398 e. The van der Waals surface area contributed by atoms with E-state index in [1.54, 1.807) is 20.9 Å². The van der Waals surface area contributed by atoms with Crippen molar-refractivity contribution < 1.29 is 14.3 Å². The van der Waals surface area contributed by atoms with Crippen LogP contribution in [0.5, 0.6) is 0 Å². The van der Waals surface area contributed by atoms with Gasteiger partial charge >= 0.3 is 0 Å². The van der Waals surface area contributed by atoms with E-state index < -0.39 is 11.4 Å². The van der Waals surface area contributed by atoms with Crippen molar-refractivity contribution in [2.45, 2.75) is 19.4 Å². The number of rotatable bonds is 3. The quantitative estimate of drug-likeness (QED) is 0.781. The second-order valence-electron chi connectivity index (χ2n) is 4.71. The number of nitrogens with two attached hydrogens (primary N) is 1. The van der Waals surface area contributed by atoms with Crippen LogP contribution in [0, 0.1) is 5.82 Å². The van der Waals surface area contributed by atoms with E-state index in [-0.39, 0.29) is 23.7 Å². The number of benzene rings is 1. The Hall–Kier alpha value is -1.62. The zero-order valence-electron chi connectivity index (χ0n) is 10.2. The third kappa shape index (κ3) is 3.71. The fourth-order valence-electron chi connectivity index (χ4n) is 1.59. The lowest BCUT2D eigenvalue weighted by molar-refractivity contribution is 0.0368. The van der Waals surface area contributed by atoms with Gasteiger partial charge in [-0.3, -0.25) is 4.79 Å².